The number of imide groups is 1. The molecule has 12 nitrogen and oxygen atoms in total. The molecule has 3 fully saturated rings. The zero-order chi connectivity index (χ0) is 40.0. The molecule has 1 aliphatic carbocycles. The van der Waals surface area contributed by atoms with E-state index in [0.717, 1.165) is 72.9 Å². The van der Waals surface area contributed by atoms with Crippen LogP contribution >= 0.6 is 0 Å². The molecular formula is C46H46N6O6. The number of hydrogen-bond donors (Lipinski definition) is 5. The third-order valence-corrected chi connectivity index (χ3v) is 13.1. The van der Waals surface area contributed by atoms with Crippen LogP contribution in [0.25, 0.3) is 0 Å². The molecule has 1 saturated carbocycles. The van der Waals surface area contributed by atoms with Crippen molar-refractivity contribution in [3.05, 3.63) is 130 Å². The molecule has 5 N–H and O–H groups in total. The third-order valence-electron chi connectivity index (χ3n) is 13.1. The zero-order valence-electron chi connectivity index (χ0n) is 32.1. The number of benzene rings is 4. The van der Waals surface area contributed by atoms with Gasteiger partial charge >= 0.3 is 0 Å². The van der Waals surface area contributed by atoms with Crippen LogP contribution in [-0.4, -0.2) is 64.5 Å². The first kappa shape index (κ1) is 37.4. The lowest BCUT2D eigenvalue weighted by Crippen LogP contribution is -2.63. The maximum absolute atomic E-state index is 14.3. The lowest BCUT2D eigenvalue weighted by atomic mass is 9.53. The number of amides is 6. The fourth-order valence-corrected chi connectivity index (χ4v) is 10.2. The second-order valence-corrected chi connectivity index (χ2v) is 16.2. The molecule has 5 aliphatic rings. The predicted octanol–water partition coefficient (Wildman–Crippen LogP) is 5.10. The van der Waals surface area contributed by atoms with Crippen LogP contribution in [0.3, 0.4) is 0 Å². The first-order valence-electron chi connectivity index (χ1n) is 20.4. The van der Waals surface area contributed by atoms with Crippen LogP contribution in [0.1, 0.15) is 100 Å². The molecule has 2 spiro atoms. The van der Waals surface area contributed by atoms with Gasteiger partial charge in [0, 0.05) is 53.5 Å². The van der Waals surface area contributed by atoms with Crippen molar-refractivity contribution in [1.29, 1.82) is 0 Å². The summed E-state index contributed by atoms with van der Waals surface area (Å²) >= 11 is 0. The molecule has 4 aliphatic heterocycles. The quantitative estimate of drug-likeness (QED) is 0.104. The topological polar surface area (TPSA) is 166 Å². The Hall–Kier alpha value is -6.14. The van der Waals surface area contributed by atoms with E-state index >= 15 is 0 Å². The predicted molar refractivity (Wildman–Crippen MR) is 217 cm³/mol. The molecule has 4 heterocycles. The average Bonchev–Trinajstić information content (AvgIpc) is 3.84. The molecule has 4 aromatic carbocycles. The first-order chi connectivity index (χ1) is 28.2. The summed E-state index contributed by atoms with van der Waals surface area (Å²) in [4.78, 5) is 80.4. The fourth-order valence-electron chi connectivity index (χ4n) is 10.2. The number of piperidine rings is 1. The Balaban J connectivity index is 0.794. The molecule has 58 heavy (non-hydrogen) atoms. The molecule has 0 radical (unpaired) electrons. The summed E-state index contributed by atoms with van der Waals surface area (Å²) in [7, 11) is 0. The standard InChI is InChI=1S/C46H46N6O6/c53-37-23-22-36(41(55)50-37)52-27-33-28(14-9-15-32(33)43(52)57)11-5-2-8-26-47-40(54)30-18-20-31(21-19-30)48-42(56)39-38(29-12-3-1-4-13-29)46(45(51-39)24-10-25-45)34-16-6-7-17-35(34)49-44(46)58/h1,3-4,6-7,9,12-21,36,38-39,51H,2,5,8,10-11,22-27H2,(H,47,54)(H,48,56)(H,49,58)(H,50,53,55)/t36?,38-,39+,46+/m0/s1. The highest BCUT2D eigenvalue weighted by molar-refractivity contribution is 6.11. The van der Waals surface area contributed by atoms with Gasteiger partial charge in [-0.05, 0) is 104 Å². The van der Waals surface area contributed by atoms with Gasteiger partial charge in [-0.1, -0.05) is 67.1 Å². The van der Waals surface area contributed by atoms with Gasteiger partial charge in [0.15, 0.2) is 0 Å². The Morgan fingerprint density at radius 1 is 0.810 bits per heavy atom. The zero-order valence-corrected chi connectivity index (χ0v) is 32.1. The molecule has 0 aromatic heterocycles. The summed E-state index contributed by atoms with van der Waals surface area (Å²) < 4.78 is 0. The van der Waals surface area contributed by atoms with E-state index in [1.165, 1.54) is 0 Å². The number of fused-ring (bicyclic) bond motifs is 4. The number of anilines is 2. The van der Waals surface area contributed by atoms with Gasteiger partial charge in [0.05, 0.1) is 6.04 Å². The fraction of sp³-hybridized carbons (Fsp3) is 0.348. The molecule has 6 amide bonds. The highest BCUT2D eigenvalue weighted by Gasteiger charge is 2.73. The van der Waals surface area contributed by atoms with Crippen LogP contribution in [0.2, 0.25) is 0 Å². The number of unbranched alkanes of at least 4 members (excludes halogenated alkanes) is 2. The van der Waals surface area contributed by atoms with E-state index in [9.17, 15) is 28.8 Å². The second-order valence-electron chi connectivity index (χ2n) is 16.2. The summed E-state index contributed by atoms with van der Waals surface area (Å²) in [5.74, 6) is -1.85. The van der Waals surface area contributed by atoms with Crippen LogP contribution in [0.5, 0.6) is 0 Å². The van der Waals surface area contributed by atoms with Crippen molar-refractivity contribution in [3.8, 4) is 0 Å². The minimum absolute atomic E-state index is 0.0717. The van der Waals surface area contributed by atoms with E-state index in [1.807, 2.05) is 66.7 Å². The lowest BCUT2D eigenvalue weighted by Gasteiger charge is -2.50. The highest BCUT2D eigenvalue weighted by Crippen LogP contribution is 2.64. The van der Waals surface area contributed by atoms with Gasteiger partial charge in [0.25, 0.3) is 11.8 Å². The Labute approximate surface area is 336 Å². The molecule has 0 bridgehead atoms. The van der Waals surface area contributed by atoms with Crippen molar-refractivity contribution >= 4 is 46.8 Å². The van der Waals surface area contributed by atoms with E-state index in [0.29, 0.717) is 36.3 Å². The average molecular weight is 779 g/mol. The van der Waals surface area contributed by atoms with Gasteiger partial charge in [-0.2, -0.15) is 0 Å². The number of nitrogens with zero attached hydrogens (tertiary/aromatic N) is 1. The molecule has 12 heteroatoms. The van der Waals surface area contributed by atoms with Gasteiger partial charge in [-0.3, -0.25) is 39.4 Å². The second kappa shape index (κ2) is 15.0. The van der Waals surface area contributed by atoms with Crippen molar-refractivity contribution in [3.63, 3.8) is 0 Å². The molecule has 296 valence electrons. The van der Waals surface area contributed by atoms with Gasteiger partial charge in [0.2, 0.25) is 23.6 Å². The van der Waals surface area contributed by atoms with Gasteiger partial charge in [0.1, 0.15) is 11.5 Å². The molecule has 4 aromatic rings. The van der Waals surface area contributed by atoms with Gasteiger partial charge in [-0.15, -0.1) is 0 Å². The summed E-state index contributed by atoms with van der Waals surface area (Å²) in [5, 5.41) is 15.3. The maximum Gasteiger partial charge on any atom is 0.255 e. The number of rotatable bonds is 11. The van der Waals surface area contributed by atoms with Gasteiger partial charge < -0.3 is 20.9 Å². The van der Waals surface area contributed by atoms with E-state index < -0.39 is 34.9 Å². The van der Waals surface area contributed by atoms with E-state index in [2.05, 4.69) is 26.6 Å². The van der Waals surface area contributed by atoms with E-state index in [4.69, 9.17) is 0 Å². The van der Waals surface area contributed by atoms with Crippen LogP contribution in [0.15, 0.2) is 97.1 Å². The molecule has 1 unspecified atom stereocenters. The first-order valence-corrected chi connectivity index (χ1v) is 20.4. The van der Waals surface area contributed by atoms with Crippen molar-refractivity contribution in [1.82, 2.24) is 20.9 Å². The smallest absolute Gasteiger partial charge is 0.255 e. The SMILES string of the molecule is O=C1CCC(N2Cc3c(CCCCCNC(=O)c4ccc(NC(=O)[C@@H]5NC6(CCC6)[C@@]6(C(=O)Nc7ccccc76)[C@H]5c5ccccc5)cc4)cccc3C2=O)C(=O)N1. The number of aryl methyl sites for hydroxylation is 1. The Bertz CT molecular complexity index is 2320. The van der Waals surface area contributed by atoms with E-state index in [-0.39, 0.29) is 36.0 Å². The molecule has 9 rings (SSSR count). The van der Waals surface area contributed by atoms with E-state index in [1.54, 1.807) is 35.2 Å². The summed E-state index contributed by atoms with van der Waals surface area (Å²) in [5.41, 5.74) is 4.83. The molecular weight excluding hydrogens is 733 g/mol. The van der Waals surface area contributed by atoms with Crippen LogP contribution in [0.4, 0.5) is 11.4 Å². The maximum atomic E-state index is 14.3. The number of carbonyl (C=O) groups is 6. The minimum Gasteiger partial charge on any atom is -0.352 e. The van der Waals surface area contributed by atoms with Crippen molar-refractivity contribution in [2.24, 2.45) is 0 Å². The van der Waals surface area contributed by atoms with Crippen molar-refractivity contribution in [2.75, 3.05) is 17.2 Å². The monoisotopic (exact) mass is 778 g/mol. The lowest BCUT2D eigenvalue weighted by molar-refractivity contribution is -0.137. The number of carbonyl (C=O) groups excluding carboxylic acids is 6. The van der Waals surface area contributed by atoms with Crippen LogP contribution in [-0.2, 0) is 37.6 Å². The van der Waals surface area contributed by atoms with Crippen LogP contribution < -0.4 is 26.6 Å². The summed E-state index contributed by atoms with van der Waals surface area (Å²) in [6.07, 6.45) is 6.38. The van der Waals surface area contributed by atoms with Crippen molar-refractivity contribution < 1.29 is 28.8 Å². The van der Waals surface area contributed by atoms with Gasteiger partial charge in [-0.25, -0.2) is 0 Å². The molecule has 4 atom stereocenters. The largest absolute Gasteiger partial charge is 0.352 e. The summed E-state index contributed by atoms with van der Waals surface area (Å²) in [6, 6.07) is 28.9. The summed E-state index contributed by atoms with van der Waals surface area (Å²) in [6.45, 7) is 0.858. The highest BCUT2D eigenvalue weighted by atomic mass is 16.2. The minimum atomic E-state index is -0.948. The normalized spacial score (nSPS) is 23.9. The Kier molecular flexibility index (Phi) is 9.67. The number of nitrogens with one attached hydrogen (secondary N) is 5. The number of para-hydroxylation sites is 1. The Morgan fingerprint density at radius 3 is 2.34 bits per heavy atom. The third kappa shape index (κ3) is 6.17. The molecule has 2 saturated heterocycles. The number of hydrogen-bond acceptors (Lipinski definition) is 7. The van der Waals surface area contributed by atoms with Crippen molar-refractivity contribution in [2.45, 2.75) is 93.3 Å². The van der Waals surface area contributed by atoms with Crippen LogP contribution in [0, 0.1) is 0 Å². The Morgan fingerprint density at radius 2 is 1.59 bits per heavy atom.